The molecule has 0 bridgehead atoms. The second-order valence-electron chi connectivity index (χ2n) is 4.78. The van der Waals surface area contributed by atoms with Crippen molar-refractivity contribution in [3.8, 4) is 45.8 Å². The molecule has 0 saturated carbocycles. The molecule has 0 saturated heterocycles. The topological polar surface area (TPSA) is 152 Å². The largest absolute Gasteiger partial charge is 0.508 e. The summed E-state index contributed by atoms with van der Waals surface area (Å²) < 4.78 is 5.21. The highest BCUT2D eigenvalue weighted by Gasteiger charge is 2.23. The summed E-state index contributed by atoms with van der Waals surface area (Å²) in [7, 11) is 0. The Kier molecular flexibility index (Phi) is 2.96. The van der Waals surface area contributed by atoms with Crippen LogP contribution >= 0.6 is 0 Å². The Bertz CT molecular complexity index is 1000. The first-order valence-corrected chi connectivity index (χ1v) is 6.27. The van der Waals surface area contributed by atoms with Crippen LogP contribution in [0.3, 0.4) is 0 Å². The molecule has 0 aliphatic carbocycles. The minimum Gasteiger partial charge on any atom is -0.508 e. The van der Waals surface area contributed by atoms with Crippen LogP contribution in [0.5, 0.6) is 34.5 Å². The molecule has 8 heteroatoms. The fourth-order valence-corrected chi connectivity index (χ4v) is 2.21. The molecule has 0 spiro atoms. The number of rotatable bonds is 1. The van der Waals surface area contributed by atoms with Gasteiger partial charge < -0.3 is 35.1 Å². The van der Waals surface area contributed by atoms with Crippen LogP contribution in [0.25, 0.3) is 22.3 Å². The zero-order chi connectivity index (χ0) is 16.9. The lowest BCUT2D eigenvalue weighted by Crippen LogP contribution is -2.03. The fraction of sp³-hybridized carbons (Fsp3) is 0. The number of phenols is 5. The van der Waals surface area contributed by atoms with Crippen molar-refractivity contribution in [3.63, 3.8) is 0 Å². The number of hydrogen-bond donors (Lipinski definition) is 6. The molecule has 1 aromatic heterocycles. The number of fused-ring (bicyclic) bond motifs is 1. The van der Waals surface area contributed by atoms with E-state index in [1.807, 2.05) is 0 Å². The van der Waals surface area contributed by atoms with Crippen LogP contribution in [0.15, 0.2) is 33.5 Å². The maximum atomic E-state index is 12.2. The summed E-state index contributed by atoms with van der Waals surface area (Å²) >= 11 is 0. The minimum absolute atomic E-state index is 0.137. The maximum absolute atomic E-state index is 12.2. The molecule has 1 heterocycles. The molecule has 0 amide bonds. The lowest BCUT2D eigenvalue weighted by Gasteiger charge is -2.10. The van der Waals surface area contributed by atoms with Gasteiger partial charge in [-0.15, -0.1) is 0 Å². The van der Waals surface area contributed by atoms with Crippen molar-refractivity contribution in [3.05, 3.63) is 34.5 Å². The first kappa shape index (κ1) is 14.4. The van der Waals surface area contributed by atoms with Gasteiger partial charge in [0.05, 0.1) is 5.56 Å². The predicted molar refractivity (Wildman–Crippen MR) is 77.9 cm³/mol. The van der Waals surface area contributed by atoms with Gasteiger partial charge in [-0.05, 0) is 12.1 Å². The van der Waals surface area contributed by atoms with E-state index in [2.05, 4.69) is 0 Å². The van der Waals surface area contributed by atoms with Gasteiger partial charge in [-0.2, -0.15) is 0 Å². The van der Waals surface area contributed by atoms with Gasteiger partial charge in [0, 0.05) is 12.1 Å². The molecule has 0 fully saturated rings. The summed E-state index contributed by atoms with van der Waals surface area (Å²) in [6.07, 6.45) is 0. The zero-order valence-electron chi connectivity index (χ0n) is 11.3. The third-order valence-electron chi connectivity index (χ3n) is 3.30. The monoisotopic (exact) mass is 318 g/mol. The van der Waals surface area contributed by atoms with Crippen LogP contribution in [0.4, 0.5) is 0 Å². The molecule has 3 rings (SSSR count). The van der Waals surface area contributed by atoms with Gasteiger partial charge in [0.2, 0.25) is 16.9 Å². The highest BCUT2D eigenvalue weighted by atomic mass is 16.4. The van der Waals surface area contributed by atoms with E-state index in [1.54, 1.807) is 0 Å². The van der Waals surface area contributed by atoms with Crippen molar-refractivity contribution in [2.45, 2.75) is 0 Å². The summed E-state index contributed by atoms with van der Waals surface area (Å²) in [6.45, 7) is 0. The van der Waals surface area contributed by atoms with E-state index < -0.39 is 50.9 Å². The van der Waals surface area contributed by atoms with Crippen LogP contribution in [0.1, 0.15) is 0 Å². The van der Waals surface area contributed by atoms with Gasteiger partial charge in [0.25, 0.3) is 0 Å². The summed E-state index contributed by atoms with van der Waals surface area (Å²) in [6, 6.07) is 4.04. The van der Waals surface area contributed by atoms with E-state index in [0.717, 1.165) is 12.1 Å². The van der Waals surface area contributed by atoms with Gasteiger partial charge in [0.15, 0.2) is 17.1 Å². The Hall–Kier alpha value is -3.55. The lowest BCUT2D eigenvalue weighted by atomic mass is 10.1. The molecule has 2 aromatic carbocycles. The third kappa shape index (κ3) is 2.04. The molecule has 0 radical (unpaired) electrons. The van der Waals surface area contributed by atoms with Gasteiger partial charge in [-0.3, -0.25) is 4.79 Å². The van der Waals surface area contributed by atoms with Crippen LogP contribution in [0.2, 0.25) is 0 Å². The van der Waals surface area contributed by atoms with Crippen molar-refractivity contribution in [1.29, 1.82) is 0 Å². The summed E-state index contributed by atoms with van der Waals surface area (Å²) in [5.74, 6) is -4.40. The number of hydrogen-bond acceptors (Lipinski definition) is 8. The molecular weight excluding hydrogens is 308 g/mol. The van der Waals surface area contributed by atoms with E-state index in [0.29, 0.717) is 0 Å². The quantitative estimate of drug-likeness (QED) is 0.293. The van der Waals surface area contributed by atoms with Gasteiger partial charge in [0.1, 0.15) is 22.6 Å². The summed E-state index contributed by atoms with van der Waals surface area (Å²) in [4.78, 5) is 12.2. The maximum Gasteiger partial charge on any atom is 0.238 e. The van der Waals surface area contributed by atoms with E-state index in [9.17, 15) is 35.4 Å². The molecule has 6 N–H and O–H groups in total. The number of aromatic hydroxyl groups is 6. The molecule has 118 valence electrons. The number of benzene rings is 2. The number of phenolic OH excluding ortho intramolecular Hbond substituents is 5. The Balaban J connectivity index is 2.46. The van der Waals surface area contributed by atoms with Crippen LogP contribution < -0.4 is 5.43 Å². The van der Waals surface area contributed by atoms with Crippen molar-refractivity contribution in [2.24, 2.45) is 0 Å². The SMILES string of the molecule is O=c1c(O)c(-c2ccc(O)cc2O)oc2c(O)c(O)cc(O)c12. The average Bonchev–Trinajstić information content (AvgIpc) is 2.48. The molecule has 0 unspecified atom stereocenters. The van der Waals surface area contributed by atoms with Crippen LogP contribution in [-0.4, -0.2) is 30.6 Å². The Morgan fingerprint density at radius 3 is 2.13 bits per heavy atom. The van der Waals surface area contributed by atoms with Gasteiger partial charge >= 0.3 is 0 Å². The second kappa shape index (κ2) is 4.73. The first-order valence-electron chi connectivity index (χ1n) is 6.27. The first-order chi connectivity index (χ1) is 10.8. The molecule has 0 aliphatic rings. The highest BCUT2D eigenvalue weighted by Crippen LogP contribution is 2.43. The van der Waals surface area contributed by atoms with Crippen LogP contribution in [0, 0.1) is 0 Å². The molecule has 0 atom stereocenters. The molecule has 8 nitrogen and oxygen atoms in total. The molecule has 0 aliphatic heterocycles. The molecule has 3 aromatic rings. The Labute approximate surface area is 127 Å². The molecular formula is C15H10O8. The average molecular weight is 318 g/mol. The Morgan fingerprint density at radius 2 is 1.48 bits per heavy atom. The van der Waals surface area contributed by atoms with Gasteiger partial charge in [-0.1, -0.05) is 0 Å². The highest BCUT2D eigenvalue weighted by molar-refractivity contribution is 5.93. The van der Waals surface area contributed by atoms with E-state index in [4.69, 9.17) is 4.42 Å². The third-order valence-corrected chi connectivity index (χ3v) is 3.30. The standard InChI is InChI=1S/C15H10O8/c16-5-1-2-6(7(17)3-5)14-13(22)12(21)10-8(18)4-9(19)11(20)15(10)23-14/h1-4,16-20,22H. The predicted octanol–water partition coefficient (Wildman–Crippen LogP) is 1.69. The fourth-order valence-electron chi connectivity index (χ4n) is 2.21. The van der Waals surface area contributed by atoms with E-state index >= 15 is 0 Å². The minimum atomic E-state index is -1.07. The normalized spacial score (nSPS) is 11.0. The summed E-state index contributed by atoms with van der Waals surface area (Å²) in [5, 5.41) is 57.6. The summed E-state index contributed by atoms with van der Waals surface area (Å²) in [5.41, 5.74) is -1.77. The van der Waals surface area contributed by atoms with Crippen molar-refractivity contribution in [2.75, 3.05) is 0 Å². The Morgan fingerprint density at radius 1 is 0.783 bits per heavy atom. The van der Waals surface area contributed by atoms with Crippen LogP contribution in [-0.2, 0) is 0 Å². The lowest BCUT2D eigenvalue weighted by molar-refractivity contribution is 0.390. The smallest absolute Gasteiger partial charge is 0.238 e. The van der Waals surface area contributed by atoms with Crippen molar-refractivity contribution >= 4 is 11.0 Å². The second-order valence-corrected chi connectivity index (χ2v) is 4.78. The van der Waals surface area contributed by atoms with E-state index in [-0.39, 0.29) is 11.3 Å². The zero-order valence-corrected chi connectivity index (χ0v) is 11.3. The van der Waals surface area contributed by atoms with E-state index in [1.165, 1.54) is 12.1 Å². The van der Waals surface area contributed by atoms with Gasteiger partial charge in [-0.25, -0.2) is 0 Å². The van der Waals surface area contributed by atoms with Crippen molar-refractivity contribution < 1.29 is 35.1 Å². The molecule has 23 heavy (non-hydrogen) atoms. The van der Waals surface area contributed by atoms with Crippen molar-refractivity contribution in [1.82, 2.24) is 0 Å².